The van der Waals surface area contributed by atoms with Crippen molar-refractivity contribution in [3.8, 4) is 17.2 Å². The van der Waals surface area contributed by atoms with Crippen LogP contribution in [0.4, 0.5) is 0 Å². The third-order valence-electron chi connectivity index (χ3n) is 4.19. The van der Waals surface area contributed by atoms with Crippen LogP contribution in [-0.4, -0.2) is 31.8 Å². The lowest BCUT2D eigenvalue weighted by molar-refractivity contribution is -0.130. The predicted octanol–water partition coefficient (Wildman–Crippen LogP) is 3.32. The molecule has 0 bridgehead atoms. The van der Waals surface area contributed by atoms with Crippen LogP contribution in [-0.2, 0) is 10.2 Å². The number of nitrogens with one attached hydrogen (secondary N) is 1. The summed E-state index contributed by atoms with van der Waals surface area (Å²) >= 11 is 0. The van der Waals surface area contributed by atoms with Crippen molar-refractivity contribution in [3.05, 3.63) is 54.1 Å². The van der Waals surface area contributed by atoms with E-state index in [1.165, 1.54) is 5.56 Å². The predicted molar refractivity (Wildman–Crippen MR) is 100.0 cm³/mol. The Labute approximate surface area is 154 Å². The summed E-state index contributed by atoms with van der Waals surface area (Å²) in [4.78, 5) is 12.2. The Balaban J connectivity index is 1.42. The van der Waals surface area contributed by atoms with Gasteiger partial charge in [0.15, 0.2) is 11.5 Å². The van der Waals surface area contributed by atoms with Gasteiger partial charge < -0.3 is 19.5 Å². The molecule has 1 amide bonds. The highest BCUT2D eigenvalue weighted by molar-refractivity contribution is 5.81. The van der Waals surface area contributed by atoms with E-state index in [1.807, 2.05) is 30.3 Å². The number of carbonyl (C=O) groups is 1. The number of benzene rings is 2. The summed E-state index contributed by atoms with van der Waals surface area (Å²) in [6.07, 6.45) is -0.643. The average Bonchev–Trinajstić information content (AvgIpc) is 2.64. The molecule has 0 radical (unpaired) electrons. The molecule has 1 N–H and O–H groups in total. The maximum atomic E-state index is 12.2. The molecule has 0 aromatic heterocycles. The number of para-hydroxylation sites is 2. The minimum atomic E-state index is -0.643. The summed E-state index contributed by atoms with van der Waals surface area (Å²) in [6, 6.07) is 15.4. The summed E-state index contributed by atoms with van der Waals surface area (Å²) in [5.74, 6) is 1.84. The van der Waals surface area contributed by atoms with E-state index < -0.39 is 6.10 Å². The largest absolute Gasteiger partial charge is 0.492 e. The zero-order valence-corrected chi connectivity index (χ0v) is 15.5. The van der Waals surface area contributed by atoms with E-state index in [1.54, 1.807) is 6.07 Å². The topological polar surface area (TPSA) is 56.8 Å². The molecule has 0 saturated heterocycles. The molecule has 5 nitrogen and oxygen atoms in total. The Morgan fingerprint density at radius 2 is 1.81 bits per heavy atom. The highest BCUT2D eigenvalue weighted by Gasteiger charge is 2.26. The SMILES string of the molecule is CC(C)(C)c1ccc(OCCNC(=O)C2COc3ccccc3O2)cc1. The molecule has 2 aromatic rings. The van der Waals surface area contributed by atoms with E-state index in [9.17, 15) is 4.79 Å². The molecular formula is C21H25NO4. The van der Waals surface area contributed by atoms with Crippen LogP contribution >= 0.6 is 0 Å². The summed E-state index contributed by atoms with van der Waals surface area (Å²) in [6.45, 7) is 7.53. The molecule has 0 saturated carbocycles. The van der Waals surface area contributed by atoms with Crippen molar-refractivity contribution in [3.63, 3.8) is 0 Å². The Bertz CT molecular complexity index is 749. The van der Waals surface area contributed by atoms with Crippen LogP contribution in [0.25, 0.3) is 0 Å². The van der Waals surface area contributed by atoms with Crippen LogP contribution in [0.15, 0.2) is 48.5 Å². The fraction of sp³-hybridized carbons (Fsp3) is 0.381. The third kappa shape index (κ3) is 4.48. The van der Waals surface area contributed by atoms with Crippen LogP contribution in [0.1, 0.15) is 26.3 Å². The molecule has 138 valence electrons. The van der Waals surface area contributed by atoms with Gasteiger partial charge in [-0.05, 0) is 35.2 Å². The normalized spacial score (nSPS) is 16.0. The maximum Gasteiger partial charge on any atom is 0.264 e. The fourth-order valence-electron chi connectivity index (χ4n) is 2.66. The molecule has 1 aliphatic heterocycles. The quantitative estimate of drug-likeness (QED) is 0.836. The Morgan fingerprint density at radius 3 is 2.50 bits per heavy atom. The van der Waals surface area contributed by atoms with Crippen molar-refractivity contribution >= 4 is 5.91 Å². The average molecular weight is 355 g/mol. The summed E-state index contributed by atoms with van der Waals surface area (Å²) < 4.78 is 16.9. The van der Waals surface area contributed by atoms with Crippen molar-refractivity contribution in [2.24, 2.45) is 0 Å². The maximum absolute atomic E-state index is 12.2. The first kappa shape index (κ1) is 18.1. The second kappa shape index (κ2) is 7.68. The molecule has 0 spiro atoms. The zero-order valence-electron chi connectivity index (χ0n) is 15.5. The van der Waals surface area contributed by atoms with Gasteiger partial charge in [-0.25, -0.2) is 0 Å². The Morgan fingerprint density at radius 1 is 1.12 bits per heavy atom. The highest BCUT2D eigenvalue weighted by atomic mass is 16.6. The van der Waals surface area contributed by atoms with Gasteiger partial charge in [0.2, 0.25) is 6.10 Å². The second-order valence-electron chi connectivity index (χ2n) is 7.28. The number of carbonyl (C=O) groups excluding carboxylic acids is 1. The number of ether oxygens (including phenoxy) is 3. The van der Waals surface area contributed by atoms with E-state index in [0.717, 1.165) is 5.75 Å². The number of rotatable bonds is 5. The molecule has 1 atom stereocenters. The molecule has 1 heterocycles. The van der Waals surface area contributed by atoms with Gasteiger partial charge in [-0.3, -0.25) is 4.79 Å². The van der Waals surface area contributed by atoms with Crippen molar-refractivity contribution in [2.75, 3.05) is 19.8 Å². The van der Waals surface area contributed by atoms with E-state index in [2.05, 4.69) is 38.2 Å². The van der Waals surface area contributed by atoms with Crippen LogP contribution in [0.2, 0.25) is 0 Å². The lowest BCUT2D eigenvalue weighted by Gasteiger charge is -2.25. The molecule has 0 fully saturated rings. The summed E-state index contributed by atoms with van der Waals surface area (Å²) in [5.41, 5.74) is 1.38. The van der Waals surface area contributed by atoms with E-state index in [-0.39, 0.29) is 17.9 Å². The van der Waals surface area contributed by atoms with Gasteiger partial charge in [-0.2, -0.15) is 0 Å². The Hall–Kier alpha value is -2.69. The molecule has 1 unspecified atom stereocenters. The van der Waals surface area contributed by atoms with Gasteiger partial charge in [0.25, 0.3) is 5.91 Å². The third-order valence-corrected chi connectivity index (χ3v) is 4.19. The highest BCUT2D eigenvalue weighted by Crippen LogP contribution is 2.30. The van der Waals surface area contributed by atoms with Crippen LogP contribution in [0.3, 0.4) is 0 Å². The molecule has 1 aliphatic rings. The molecule has 3 rings (SSSR count). The smallest absolute Gasteiger partial charge is 0.264 e. The number of amides is 1. The summed E-state index contributed by atoms with van der Waals surface area (Å²) in [7, 11) is 0. The van der Waals surface area contributed by atoms with Gasteiger partial charge in [0.05, 0.1) is 6.54 Å². The number of fused-ring (bicyclic) bond motifs is 1. The van der Waals surface area contributed by atoms with E-state index in [4.69, 9.17) is 14.2 Å². The lowest BCUT2D eigenvalue weighted by atomic mass is 9.87. The molecule has 2 aromatic carbocycles. The van der Waals surface area contributed by atoms with Gasteiger partial charge in [0.1, 0.15) is 19.0 Å². The van der Waals surface area contributed by atoms with Crippen molar-refractivity contribution in [1.29, 1.82) is 0 Å². The van der Waals surface area contributed by atoms with E-state index in [0.29, 0.717) is 24.7 Å². The van der Waals surface area contributed by atoms with E-state index >= 15 is 0 Å². The van der Waals surface area contributed by atoms with Crippen LogP contribution < -0.4 is 19.5 Å². The molecule has 5 heteroatoms. The molecular weight excluding hydrogens is 330 g/mol. The zero-order chi connectivity index (χ0) is 18.6. The first-order valence-electron chi connectivity index (χ1n) is 8.83. The summed E-state index contributed by atoms with van der Waals surface area (Å²) in [5, 5.41) is 2.82. The molecule has 0 aliphatic carbocycles. The first-order valence-corrected chi connectivity index (χ1v) is 8.83. The standard InChI is InChI=1S/C21H25NO4/c1-21(2,3)15-8-10-16(11-9-15)24-13-12-22-20(23)19-14-25-17-6-4-5-7-18(17)26-19/h4-11,19H,12-14H2,1-3H3,(H,22,23). The Kier molecular flexibility index (Phi) is 5.35. The van der Waals surface area contributed by atoms with Crippen molar-refractivity contribution in [2.45, 2.75) is 32.3 Å². The minimum Gasteiger partial charge on any atom is -0.492 e. The monoisotopic (exact) mass is 355 g/mol. The number of hydrogen-bond donors (Lipinski definition) is 1. The minimum absolute atomic E-state index is 0.118. The van der Waals surface area contributed by atoms with Crippen molar-refractivity contribution in [1.82, 2.24) is 5.32 Å². The lowest BCUT2D eigenvalue weighted by Crippen LogP contribution is -2.45. The van der Waals surface area contributed by atoms with Crippen LogP contribution in [0.5, 0.6) is 17.2 Å². The second-order valence-corrected chi connectivity index (χ2v) is 7.28. The number of hydrogen-bond acceptors (Lipinski definition) is 4. The van der Waals surface area contributed by atoms with Gasteiger partial charge in [-0.15, -0.1) is 0 Å². The van der Waals surface area contributed by atoms with Gasteiger partial charge >= 0.3 is 0 Å². The van der Waals surface area contributed by atoms with Gasteiger partial charge in [0, 0.05) is 0 Å². The first-order chi connectivity index (χ1) is 12.4. The molecule has 26 heavy (non-hydrogen) atoms. The van der Waals surface area contributed by atoms with Crippen LogP contribution in [0, 0.1) is 0 Å². The van der Waals surface area contributed by atoms with Gasteiger partial charge in [-0.1, -0.05) is 45.0 Å². The van der Waals surface area contributed by atoms with Crippen molar-refractivity contribution < 1.29 is 19.0 Å². The fourth-order valence-corrected chi connectivity index (χ4v) is 2.66.